The largest absolute Gasteiger partial charge is 0.493 e. The molecule has 0 spiro atoms. The summed E-state index contributed by atoms with van der Waals surface area (Å²) in [6.07, 6.45) is 3.19. The van der Waals surface area contributed by atoms with Crippen molar-refractivity contribution in [2.75, 3.05) is 39.4 Å². The highest BCUT2D eigenvalue weighted by molar-refractivity contribution is 6.02. The van der Waals surface area contributed by atoms with E-state index in [0.29, 0.717) is 37.0 Å². The number of ether oxygens (including phenoxy) is 4. The van der Waals surface area contributed by atoms with E-state index in [1.165, 1.54) is 6.08 Å². The summed E-state index contributed by atoms with van der Waals surface area (Å²) in [5, 5.41) is 2.81. The average molecular weight is 371 g/mol. The number of amides is 1. The first-order valence-electron chi connectivity index (χ1n) is 8.68. The van der Waals surface area contributed by atoms with E-state index in [1.54, 1.807) is 38.5 Å². The molecule has 0 aliphatic heterocycles. The lowest BCUT2D eigenvalue weighted by Crippen LogP contribution is -2.09. The lowest BCUT2D eigenvalue weighted by molar-refractivity contribution is -0.111. The second-order valence-corrected chi connectivity index (χ2v) is 5.50. The number of hydrogen-bond donors (Lipinski definition) is 1. The molecule has 0 aliphatic rings. The predicted molar refractivity (Wildman–Crippen MR) is 106 cm³/mol. The van der Waals surface area contributed by atoms with Gasteiger partial charge in [-0.2, -0.15) is 0 Å². The quantitative estimate of drug-likeness (QED) is 0.509. The Kier molecular flexibility index (Phi) is 8.19. The first kappa shape index (κ1) is 20.3. The fraction of sp³-hybridized carbons (Fsp3) is 0.286. The highest BCUT2D eigenvalue weighted by atomic mass is 16.5. The van der Waals surface area contributed by atoms with Gasteiger partial charge in [-0.05, 0) is 31.2 Å². The number of carbonyl (C=O) groups is 1. The fourth-order valence-corrected chi connectivity index (χ4v) is 2.36. The van der Waals surface area contributed by atoms with Gasteiger partial charge in [-0.15, -0.1) is 0 Å². The van der Waals surface area contributed by atoms with Crippen molar-refractivity contribution in [3.63, 3.8) is 0 Å². The number of carbonyl (C=O) groups excluding carboxylic acids is 1. The number of anilines is 1. The summed E-state index contributed by atoms with van der Waals surface area (Å²) >= 11 is 0. The van der Waals surface area contributed by atoms with Crippen LogP contribution in [-0.4, -0.2) is 39.9 Å². The van der Waals surface area contributed by atoms with Crippen LogP contribution < -0.4 is 19.5 Å². The second-order valence-electron chi connectivity index (χ2n) is 5.50. The smallest absolute Gasteiger partial charge is 0.248 e. The molecular weight excluding hydrogens is 346 g/mol. The van der Waals surface area contributed by atoms with Crippen LogP contribution in [0, 0.1) is 0 Å². The zero-order valence-corrected chi connectivity index (χ0v) is 15.9. The van der Waals surface area contributed by atoms with Crippen LogP contribution in [0.3, 0.4) is 0 Å². The molecule has 6 heteroatoms. The van der Waals surface area contributed by atoms with Gasteiger partial charge in [0.1, 0.15) is 12.4 Å². The van der Waals surface area contributed by atoms with E-state index < -0.39 is 0 Å². The van der Waals surface area contributed by atoms with Crippen molar-refractivity contribution in [2.45, 2.75) is 6.92 Å². The molecule has 0 heterocycles. The number of hydrogen-bond acceptors (Lipinski definition) is 5. The van der Waals surface area contributed by atoms with Crippen molar-refractivity contribution in [3.8, 4) is 17.2 Å². The van der Waals surface area contributed by atoms with Gasteiger partial charge < -0.3 is 24.3 Å². The third-order valence-corrected chi connectivity index (χ3v) is 3.61. The standard InChI is InChI=1S/C21H25NO5/c1-4-26-18-8-6-5-7-16(18)9-12-21(23)22-17-10-11-19(25-3)20(15-17)27-14-13-24-2/h5-12,15H,4,13-14H2,1-3H3,(H,22,23)/b12-9+. The van der Waals surface area contributed by atoms with E-state index >= 15 is 0 Å². The van der Waals surface area contributed by atoms with Crippen LogP contribution in [-0.2, 0) is 9.53 Å². The van der Waals surface area contributed by atoms with Crippen molar-refractivity contribution in [2.24, 2.45) is 0 Å². The van der Waals surface area contributed by atoms with Gasteiger partial charge in [0.25, 0.3) is 0 Å². The molecule has 2 rings (SSSR count). The Balaban J connectivity index is 2.05. The topological polar surface area (TPSA) is 66.0 Å². The van der Waals surface area contributed by atoms with Crippen LogP contribution >= 0.6 is 0 Å². The minimum atomic E-state index is -0.255. The summed E-state index contributed by atoms with van der Waals surface area (Å²) < 4.78 is 21.4. The zero-order valence-electron chi connectivity index (χ0n) is 15.9. The third kappa shape index (κ3) is 6.34. The van der Waals surface area contributed by atoms with E-state index in [2.05, 4.69) is 5.32 Å². The minimum absolute atomic E-state index is 0.255. The number of nitrogens with one attached hydrogen (secondary N) is 1. The predicted octanol–water partition coefficient (Wildman–Crippen LogP) is 3.77. The maximum absolute atomic E-state index is 12.3. The van der Waals surface area contributed by atoms with Crippen LogP contribution in [0.1, 0.15) is 12.5 Å². The van der Waals surface area contributed by atoms with Crippen LogP contribution in [0.2, 0.25) is 0 Å². The van der Waals surface area contributed by atoms with E-state index in [0.717, 1.165) is 11.3 Å². The van der Waals surface area contributed by atoms with Gasteiger partial charge in [0.15, 0.2) is 11.5 Å². The molecule has 2 aromatic carbocycles. The Morgan fingerprint density at radius 3 is 2.56 bits per heavy atom. The molecule has 0 unspecified atom stereocenters. The highest BCUT2D eigenvalue weighted by Gasteiger charge is 2.07. The lowest BCUT2D eigenvalue weighted by Gasteiger charge is -2.12. The molecule has 0 bridgehead atoms. The van der Waals surface area contributed by atoms with Crippen molar-refractivity contribution >= 4 is 17.7 Å². The third-order valence-electron chi connectivity index (χ3n) is 3.61. The number of methoxy groups -OCH3 is 2. The Morgan fingerprint density at radius 1 is 1.00 bits per heavy atom. The molecule has 0 atom stereocenters. The summed E-state index contributed by atoms with van der Waals surface area (Å²) in [4.78, 5) is 12.3. The molecule has 0 radical (unpaired) electrons. The minimum Gasteiger partial charge on any atom is -0.493 e. The van der Waals surface area contributed by atoms with Gasteiger partial charge >= 0.3 is 0 Å². The van der Waals surface area contributed by atoms with Gasteiger partial charge in [0.05, 0.1) is 20.3 Å². The van der Waals surface area contributed by atoms with Gasteiger partial charge in [-0.25, -0.2) is 0 Å². The molecule has 6 nitrogen and oxygen atoms in total. The summed E-state index contributed by atoms with van der Waals surface area (Å²) in [6, 6.07) is 12.8. The lowest BCUT2D eigenvalue weighted by atomic mass is 10.2. The molecule has 1 amide bonds. The fourth-order valence-electron chi connectivity index (χ4n) is 2.36. The summed E-state index contributed by atoms with van der Waals surface area (Å²) in [5.41, 5.74) is 1.45. The summed E-state index contributed by atoms with van der Waals surface area (Å²) in [7, 11) is 3.17. The number of rotatable bonds is 10. The number of benzene rings is 2. The van der Waals surface area contributed by atoms with E-state index in [-0.39, 0.29) is 5.91 Å². The second kappa shape index (κ2) is 10.9. The van der Waals surface area contributed by atoms with Crippen LogP contribution in [0.4, 0.5) is 5.69 Å². The molecule has 2 aromatic rings. The summed E-state index contributed by atoms with van der Waals surface area (Å²) in [5.74, 6) is 1.61. The first-order chi connectivity index (χ1) is 13.2. The van der Waals surface area contributed by atoms with Crippen LogP contribution in [0.5, 0.6) is 17.2 Å². The maximum Gasteiger partial charge on any atom is 0.248 e. The van der Waals surface area contributed by atoms with Crippen molar-refractivity contribution in [3.05, 3.63) is 54.1 Å². The number of para-hydroxylation sites is 1. The Hall–Kier alpha value is -2.99. The van der Waals surface area contributed by atoms with Crippen LogP contribution in [0.25, 0.3) is 6.08 Å². The molecule has 0 aliphatic carbocycles. The van der Waals surface area contributed by atoms with Gasteiger partial charge in [-0.3, -0.25) is 4.79 Å². The monoisotopic (exact) mass is 371 g/mol. The van der Waals surface area contributed by atoms with Crippen LogP contribution in [0.15, 0.2) is 48.5 Å². The normalized spacial score (nSPS) is 10.6. The maximum atomic E-state index is 12.3. The van der Waals surface area contributed by atoms with Gasteiger partial charge in [-0.1, -0.05) is 18.2 Å². The van der Waals surface area contributed by atoms with Gasteiger partial charge in [0.2, 0.25) is 5.91 Å². The van der Waals surface area contributed by atoms with E-state index in [9.17, 15) is 4.79 Å². The molecular formula is C21H25NO5. The Bertz CT molecular complexity index is 773. The molecule has 27 heavy (non-hydrogen) atoms. The molecule has 0 aromatic heterocycles. The average Bonchev–Trinajstić information content (AvgIpc) is 2.68. The van der Waals surface area contributed by atoms with E-state index in [4.69, 9.17) is 18.9 Å². The molecule has 144 valence electrons. The van der Waals surface area contributed by atoms with Crippen molar-refractivity contribution < 1.29 is 23.7 Å². The molecule has 0 fully saturated rings. The zero-order chi connectivity index (χ0) is 19.5. The molecule has 1 N–H and O–H groups in total. The molecule has 0 saturated carbocycles. The first-order valence-corrected chi connectivity index (χ1v) is 8.68. The van der Waals surface area contributed by atoms with Crippen molar-refractivity contribution in [1.82, 2.24) is 0 Å². The Labute approximate surface area is 159 Å². The van der Waals surface area contributed by atoms with E-state index in [1.807, 2.05) is 31.2 Å². The van der Waals surface area contributed by atoms with Gasteiger partial charge in [0, 0.05) is 30.5 Å². The SMILES string of the molecule is CCOc1ccccc1/C=C/C(=O)Nc1ccc(OC)c(OCCOC)c1. The Morgan fingerprint density at radius 2 is 1.81 bits per heavy atom. The highest BCUT2D eigenvalue weighted by Crippen LogP contribution is 2.30. The summed E-state index contributed by atoms with van der Waals surface area (Å²) in [6.45, 7) is 3.33. The molecule has 0 saturated heterocycles. The van der Waals surface area contributed by atoms with Crippen molar-refractivity contribution in [1.29, 1.82) is 0 Å².